The second-order valence-corrected chi connectivity index (χ2v) is 5.48. The highest BCUT2D eigenvalue weighted by Crippen LogP contribution is 2.28. The second-order valence-electron chi connectivity index (χ2n) is 4.62. The Kier molecular flexibility index (Phi) is 4.98. The van der Waals surface area contributed by atoms with E-state index in [1.807, 2.05) is 49.3 Å². The fourth-order valence-corrected chi connectivity index (χ4v) is 2.48. The molecule has 0 atom stereocenters. The third-order valence-corrected chi connectivity index (χ3v) is 3.60. The molecular weight excluding hydrogens is 321 g/mol. The zero-order valence-corrected chi connectivity index (χ0v) is 13.0. The average Bonchev–Trinajstić information content (AvgIpc) is 2.41. The molecule has 2 N–H and O–H groups in total. The molecular formula is C15H17BrFN3. The van der Waals surface area contributed by atoms with E-state index in [0.29, 0.717) is 6.54 Å². The first-order valence-electron chi connectivity index (χ1n) is 6.27. The lowest BCUT2D eigenvalue weighted by Crippen LogP contribution is -2.23. The van der Waals surface area contributed by atoms with Crippen LogP contribution in [-0.4, -0.2) is 14.1 Å². The number of hydrazine groups is 1. The van der Waals surface area contributed by atoms with Crippen molar-refractivity contribution in [1.82, 2.24) is 5.43 Å². The van der Waals surface area contributed by atoms with E-state index in [4.69, 9.17) is 0 Å². The Balaban J connectivity index is 2.09. The van der Waals surface area contributed by atoms with Crippen LogP contribution >= 0.6 is 15.9 Å². The van der Waals surface area contributed by atoms with Crippen molar-refractivity contribution in [2.75, 3.05) is 24.4 Å². The molecule has 0 bridgehead atoms. The van der Waals surface area contributed by atoms with Gasteiger partial charge in [-0.25, -0.2) is 9.82 Å². The fourth-order valence-electron chi connectivity index (χ4n) is 1.92. The zero-order chi connectivity index (χ0) is 14.5. The maximum absolute atomic E-state index is 13.5. The van der Waals surface area contributed by atoms with Crippen LogP contribution in [0.1, 0.15) is 5.56 Å². The van der Waals surface area contributed by atoms with Crippen LogP contribution < -0.4 is 15.8 Å². The maximum atomic E-state index is 13.5. The van der Waals surface area contributed by atoms with E-state index in [2.05, 4.69) is 26.8 Å². The summed E-state index contributed by atoms with van der Waals surface area (Å²) in [6.45, 7) is 0.573. The summed E-state index contributed by atoms with van der Waals surface area (Å²) in [7, 11) is 3.80. The van der Waals surface area contributed by atoms with E-state index in [0.717, 1.165) is 21.4 Å². The van der Waals surface area contributed by atoms with Gasteiger partial charge in [0.25, 0.3) is 0 Å². The predicted molar refractivity (Wildman–Crippen MR) is 85.3 cm³/mol. The van der Waals surface area contributed by atoms with Gasteiger partial charge in [0.1, 0.15) is 5.82 Å². The Morgan fingerprint density at radius 3 is 2.50 bits per heavy atom. The monoisotopic (exact) mass is 337 g/mol. The Labute approximate surface area is 126 Å². The fraction of sp³-hybridized carbons (Fsp3) is 0.200. The summed E-state index contributed by atoms with van der Waals surface area (Å²) in [6, 6.07) is 12.8. The Morgan fingerprint density at radius 2 is 1.85 bits per heavy atom. The van der Waals surface area contributed by atoms with Crippen LogP contribution in [0.15, 0.2) is 46.9 Å². The molecule has 20 heavy (non-hydrogen) atoms. The molecule has 0 saturated heterocycles. The zero-order valence-electron chi connectivity index (χ0n) is 11.5. The molecule has 0 unspecified atom stereocenters. The van der Waals surface area contributed by atoms with Gasteiger partial charge < -0.3 is 10.3 Å². The topological polar surface area (TPSA) is 27.3 Å². The molecule has 2 aromatic carbocycles. The van der Waals surface area contributed by atoms with E-state index < -0.39 is 0 Å². The van der Waals surface area contributed by atoms with Crippen LogP contribution in [-0.2, 0) is 6.54 Å². The number of nitrogens with one attached hydrogen (secondary N) is 2. The molecule has 106 valence electrons. The summed E-state index contributed by atoms with van der Waals surface area (Å²) in [5.74, 6) is -0.250. The minimum Gasteiger partial charge on any atom is -0.377 e. The van der Waals surface area contributed by atoms with Crippen LogP contribution in [0.2, 0.25) is 0 Å². The summed E-state index contributed by atoms with van der Waals surface area (Å²) in [4.78, 5) is 1.90. The van der Waals surface area contributed by atoms with Crippen molar-refractivity contribution < 1.29 is 4.39 Å². The first kappa shape index (κ1) is 14.8. The van der Waals surface area contributed by atoms with E-state index in [9.17, 15) is 4.39 Å². The molecule has 0 fully saturated rings. The largest absolute Gasteiger partial charge is 0.377 e. The van der Waals surface area contributed by atoms with Gasteiger partial charge in [-0.05, 0) is 24.3 Å². The average molecular weight is 338 g/mol. The summed E-state index contributed by atoms with van der Waals surface area (Å²) < 4.78 is 14.2. The van der Waals surface area contributed by atoms with Crippen molar-refractivity contribution in [3.05, 3.63) is 58.3 Å². The second kappa shape index (κ2) is 6.72. The number of rotatable bonds is 5. The minimum atomic E-state index is -0.250. The number of hydrogen-bond acceptors (Lipinski definition) is 3. The molecule has 0 amide bonds. The minimum absolute atomic E-state index is 0.250. The Morgan fingerprint density at radius 1 is 1.15 bits per heavy atom. The Hall–Kier alpha value is -1.59. The number of nitrogens with zero attached hydrogens (tertiary/aromatic N) is 1. The van der Waals surface area contributed by atoms with Crippen LogP contribution in [0.5, 0.6) is 0 Å². The smallest absolute Gasteiger partial charge is 0.126 e. The highest BCUT2D eigenvalue weighted by atomic mass is 79.9. The van der Waals surface area contributed by atoms with Gasteiger partial charge in [-0.2, -0.15) is 0 Å². The highest BCUT2D eigenvalue weighted by molar-refractivity contribution is 9.10. The van der Waals surface area contributed by atoms with Gasteiger partial charge in [-0.15, -0.1) is 0 Å². The van der Waals surface area contributed by atoms with Gasteiger partial charge in [0.2, 0.25) is 0 Å². The van der Waals surface area contributed by atoms with Crippen molar-refractivity contribution in [2.24, 2.45) is 0 Å². The summed E-state index contributed by atoms with van der Waals surface area (Å²) in [6.07, 6.45) is 0. The highest BCUT2D eigenvalue weighted by Gasteiger charge is 2.11. The van der Waals surface area contributed by atoms with Gasteiger partial charge in [0.05, 0.1) is 0 Å². The van der Waals surface area contributed by atoms with E-state index in [1.54, 1.807) is 0 Å². The normalized spacial score (nSPS) is 10.4. The quantitative estimate of drug-likeness (QED) is 0.813. The standard InChI is InChI=1S/C15H17BrFN3/c1-20(2)15-9-11(17)8-14(16)13(15)10-18-19-12-6-4-3-5-7-12/h3-9,18-19H,10H2,1-2H3. The van der Waals surface area contributed by atoms with Crippen molar-refractivity contribution in [2.45, 2.75) is 6.54 Å². The molecule has 0 aromatic heterocycles. The van der Waals surface area contributed by atoms with Crippen LogP contribution in [0, 0.1) is 5.82 Å². The van der Waals surface area contributed by atoms with Crippen molar-refractivity contribution in [1.29, 1.82) is 0 Å². The van der Waals surface area contributed by atoms with E-state index >= 15 is 0 Å². The third kappa shape index (κ3) is 3.71. The number of para-hydroxylation sites is 1. The lowest BCUT2D eigenvalue weighted by atomic mass is 10.1. The van der Waals surface area contributed by atoms with Crippen molar-refractivity contribution in [3.63, 3.8) is 0 Å². The predicted octanol–water partition coefficient (Wildman–Crippen LogP) is 3.77. The SMILES string of the molecule is CN(C)c1cc(F)cc(Br)c1CNNc1ccccc1. The molecule has 2 rings (SSSR count). The molecule has 5 heteroatoms. The molecule has 0 radical (unpaired) electrons. The van der Waals surface area contributed by atoms with Gasteiger partial charge in [-0.3, -0.25) is 0 Å². The number of halogens is 2. The van der Waals surface area contributed by atoms with Crippen molar-refractivity contribution in [3.8, 4) is 0 Å². The summed E-state index contributed by atoms with van der Waals surface area (Å²) >= 11 is 3.42. The van der Waals surface area contributed by atoms with Crippen LogP contribution in [0.3, 0.4) is 0 Å². The number of hydrogen-bond donors (Lipinski definition) is 2. The van der Waals surface area contributed by atoms with Gasteiger partial charge in [0, 0.05) is 42.1 Å². The van der Waals surface area contributed by atoms with Gasteiger partial charge in [-0.1, -0.05) is 34.1 Å². The van der Waals surface area contributed by atoms with Gasteiger partial charge in [0.15, 0.2) is 0 Å². The maximum Gasteiger partial charge on any atom is 0.126 e. The molecule has 0 saturated carbocycles. The molecule has 0 aliphatic carbocycles. The summed E-state index contributed by atoms with van der Waals surface area (Å²) in [5, 5.41) is 0. The Bertz CT molecular complexity index is 573. The molecule has 0 aliphatic heterocycles. The first-order chi connectivity index (χ1) is 9.58. The van der Waals surface area contributed by atoms with E-state index in [-0.39, 0.29) is 5.82 Å². The molecule has 2 aromatic rings. The molecule has 3 nitrogen and oxygen atoms in total. The number of benzene rings is 2. The first-order valence-corrected chi connectivity index (χ1v) is 7.06. The molecule has 0 aliphatic rings. The van der Waals surface area contributed by atoms with Crippen molar-refractivity contribution >= 4 is 27.3 Å². The number of anilines is 2. The lowest BCUT2D eigenvalue weighted by Gasteiger charge is -2.20. The third-order valence-electron chi connectivity index (χ3n) is 2.89. The van der Waals surface area contributed by atoms with Gasteiger partial charge >= 0.3 is 0 Å². The van der Waals surface area contributed by atoms with E-state index in [1.165, 1.54) is 12.1 Å². The van der Waals surface area contributed by atoms with Crippen LogP contribution in [0.25, 0.3) is 0 Å². The lowest BCUT2D eigenvalue weighted by molar-refractivity contribution is 0.625. The van der Waals surface area contributed by atoms with Crippen LogP contribution in [0.4, 0.5) is 15.8 Å². The molecule has 0 spiro atoms. The molecule has 0 heterocycles. The summed E-state index contributed by atoms with van der Waals surface area (Å²) in [5.41, 5.74) is 9.09.